The van der Waals surface area contributed by atoms with E-state index in [1.54, 1.807) is 6.07 Å². The first-order chi connectivity index (χ1) is 7.54. The van der Waals surface area contributed by atoms with Crippen LogP contribution in [0.2, 0.25) is 0 Å². The Morgan fingerprint density at radius 2 is 1.94 bits per heavy atom. The van der Waals surface area contributed by atoms with Crippen LogP contribution in [-0.4, -0.2) is 57.9 Å². The molecule has 0 bridgehead atoms. The first-order valence-electron chi connectivity index (χ1n) is 5.98. The Kier molecular flexibility index (Phi) is 8.04. The normalized spacial score (nSPS) is 14.2. The van der Waals surface area contributed by atoms with Crippen LogP contribution < -0.4 is 0 Å². The molecule has 0 aliphatic carbocycles. The van der Waals surface area contributed by atoms with Crippen molar-refractivity contribution in [2.24, 2.45) is 5.92 Å². The molecule has 96 valence electrons. The average molecular weight is 431 g/mol. The molecule has 1 rings (SSSR count). The Hall–Kier alpha value is -0.0979. The summed E-state index contributed by atoms with van der Waals surface area (Å²) in [4.78, 5) is 2.22. The van der Waals surface area contributed by atoms with E-state index in [1.807, 2.05) is 12.1 Å². The van der Waals surface area contributed by atoms with Gasteiger partial charge in [0.25, 0.3) is 0 Å². The second-order valence-corrected chi connectivity index (χ2v) is 4.85. The summed E-state index contributed by atoms with van der Waals surface area (Å²) in [5.41, 5.74) is 1.25. The number of phenolic OH excluding ortho intramolecular Hbond substituents is 1. The number of benzene rings is 1. The van der Waals surface area contributed by atoms with Gasteiger partial charge in [0.15, 0.2) is 0 Å². The number of phenols is 1. The summed E-state index contributed by atoms with van der Waals surface area (Å²) in [5.74, 6) is 1.49. The quantitative estimate of drug-likeness (QED) is 0.724. The standard InChI is InChI=1S/C14H23NO.Pb.2H/c1-5-14(11(2)10-15(3)4)12-7-6-8-13(16)9-12;;;/h6-9,11,14,16H,5,10H2,1-4H3;;;. The van der Waals surface area contributed by atoms with Gasteiger partial charge in [0.1, 0.15) is 5.75 Å². The minimum absolute atomic E-state index is 0. The van der Waals surface area contributed by atoms with Crippen molar-refractivity contribution in [3.05, 3.63) is 29.8 Å². The molecule has 0 amide bonds. The van der Waals surface area contributed by atoms with Crippen LogP contribution >= 0.6 is 0 Å². The molecule has 0 spiro atoms. The summed E-state index contributed by atoms with van der Waals surface area (Å²) in [5, 5.41) is 9.51. The fraction of sp³-hybridized carbons (Fsp3) is 0.571. The Morgan fingerprint density at radius 3 is 2.41 bits per heavy atom. The van der Waals surface area contributed by atoms with Crippen molar-refractivity contribution in [3.8, 4) is 5.75 Å². The molecule has 0 fully saturated rings. The van der Waals surface area contributed by atoms with Crippen LogP contribution in [0.4, 0.5) is 0 Å². The molecule has 1 aromatic rings. The summed E-state index contributed by atoms with van der Waals surface area (Å²) in [7, 11) is 4.21. The zero-order chi connectivity index (χ0) is 12.1. The molecule has 1 aromatic carbocycles. The van der Waals surface area contributed by atoms with E-state index in [0.717, 1.165) is 13.0 Å². The van der Waals surface area contributed by atoms with Gasteiger partial charge in [-0.05, 0) is 50.0 Å². The molecule has 3 heteroatoms. The van der Waals surface area contributed by atoms with Crippen molar-refractivity contribution in [2.75, 3.05) is 20.6 Å². The van der Waals surface area contributed by atoms with Gasteiger partial charge in [-0.15, -0.1) is 0 Å². The number of nitrogens with zero attached hydrogens (tertiary/aromatic N) is 1. The molecule has 0 saturated heterocycles. The summed E-state index contributed by atoms with van der Waals surface area (Å²) in [6, 6.07) is 7.66. The van der Waals surface area contributed by atoms with Gasteiger partial charge < -0.3 is 10.0 Å². The topological polar surface area (TPSA) is 23.5 Å². The van der Waals surface area contributed by atoms with E-state index < -0.39 is 0 Å². The molecule has 0 heterocycles. The Morgan fingerprint density at radius 1 is 1.29 bits per heavy atom. The number of rotatable bonds is 5. The maximum absolute atomic E-state index is 9.51. The minimum atomic E-state index is 0. The predicted octanol–water partition coefficient (Wildman–Crippen LogP) is 2.17. The van der Waals surface area contributed by atoms with E-state index in [-0.39, 0.29) is 27.3 Å². The van der Waals surface area contributed by atoms with Crippen LogP contribution in [0.3, 0.4) is 0 Å². The average Bonchev–Trinajstić information content (AvgIpc) is 2.17. The fourth-order valence-electron chi connectivity index (χ4n) is 2.43. The van der Waals surface area contributed by atoms with Gasteiger partial charge in [-0.25, -0.2) is 0 Å². The number of aromatic hydroxyl groups is 1. The van der Waals surface area contributed by atoms with Crippen LogP contribution in [0, 0.1) is 5.92 Å². The van der Waals surface area contributed by atoms with Gasteiger partial charge in [-0.3, -0.25) is 0 Å². The molecule has 0 saturated carbocycles. The third kappa shape index (κ3) is 5.38. The van der Waals surface area contributed by atoms with E-state index in [2.05, 4.69) is 38.9 Å². The van der Waals surface area contributed by atoms with Crippen molar-refractivity contribution in [1.29, 1.82) is 0 Å². The molecule has 0 aliphatic heterocycles. The van der Waals surface area contributed by atoms with Gasteiger partial charge in [0.05, 0.1) is 0 Å². The molecule has 0 aliphatic rings. The third-order valence-corrected chi connectivity index (χ3v) is 3.08. The number of hydrogen-bond donors (Lipinski definition) is 1. The number of hydrogen-bond acceptors (Lipinski definition) is 2. The molecule has 17 heavy (non-hydrogen) atoms. The molecule has 2 unspecified atom stereocenters. The second kappa shape index (κ2) is 8.08. The van der Waals surface area contributed by atoms with Crippen molar-refractivity contribution in [1.82, 2.24) is 4.90 Å². The molecule has 2 atom stereocenters. The van der Waals surface area contributed by atoms with Crippen LogP contribution in [-0.2, 0) is 0 Å². The summed E-state index contributed by atoms with van der Waals surface area (Å²) in [6.45, 7) is 5.56. The maximum atomic E-state index is 9.51. The first kappa shape index (κ1) is 16.9. The Bertz CT molecular complexity index is 328. The molecule has 2 radical (unpaired) electrons. The van der Waals surface area contributed by atoms with Crippen LogP contribution in [0.5, 0.6) is 5.75 Å². The molecule has 1 N–H and O–H groups in total. The van der Waals surface area contributed by atoms with Crippen LogP contribution in [0.1, 0.15) is 31.7 Å². The summed E-state index contributed by atoms with van der Waals surface area (Å²) in [6.07, 6.45) is 1.11. The third-order valence-electron chi connectivity index (χ3n) is 3.08. The van der Waals surface area contributed by atoms with E-state index in [4.69, 9.17) is 0 Å². The molecule has 0 aromatic heterocycles. The van der Waals surface area contributed by atoms with Gasteiger partial charge in [-0.1, -0.05) is 26.0 Å². The van der Waals surface area contributed by atoms with Gasteiger partial charge in [0.2, 0.25) is 0 Å². The van der Waals surface area contributed by atoms with Crippen molar-refractivity contribution in [3.63, 3.8) is 0 Å². The Balaban J connectivity index is 0.00000256. The SMILES string of the molecule is CCC(c1cccc(O)c1)C(C)CN(C)C.[PbH2]. The monoisotopic (exact) mass is 431 g/mol. The summed E-state index contributed by atoms with van der Waals surface area (Å²) < 4.78 is 0. The van der Waals surface area contributed by atoms with Gasteiger partial charge >= 0.3 is 27.3 Å². The first-order valence-corrected chi connectivity index (χ1v) is 5.98. The van der Waals surface area contributed by atoms with E-state index in [0.29, 0.717) is 17.6 Å². The van der Waals surface area contributed by atoms with Crippen LogP contribution in [0.25, 0.3) is 0 Å². The van der Waals surface area contributed by atoms with Crippen molar-refractivity contribution < 1.29 is 5.11 Å². The Labute approximate surface area is 125 Å². The van der Waals surface area contributed by atoms with Crippen LogP contribution in [0.15, 0.2) is 24.3 Å². The van der Waals surface area contributed by atoms with E-state index in [1.165, 1.54) is 5.56 Å². The van der Waals surface area contributed by atoms with Crippen molar-refractivity contribution in [2.45, 2.75) is 26.2 Å². The summed E-state index contributed by atoms with van der Waals surface area (Å²) >= 11 is 0. The second-order valence-electron chi connectivity index (χ2n) is 4.85. The zero-order valence-electron chi connectivity index (χ0n) is 11.5. The molecule has 2 nitrogen and oxygen atoms in total. The zero-order valence-corrected chi connectivity index (χ0v) is 17.0. The fourth-order valence-corrected chi connectivity index (χ4v) is 2.43. The molecular weight excluding hydrogens is 405 g/mol. The predicted molar refractivity (Wildman–Crippen MR) is 77.4 cm³/mol. The van der Waals surface area contributed by atoms with Crippen molar-refractivity contribution >= 4 is 27.3 Å². The van der Waals surface area contributed by atoms with E-state index >= 15 is 0 Å². The van der Waals surface area contributed by atoms with E-state index in [9.17, 15) is 5.11 Å². The molecular formula is C14H25NOPb. The van der Waals surface area contributed by atoms with Gasteiger partial charge in [-0.2, -0.15) is 0 Å². The van der Waals surface area contributed by atoms with Gasteiger partial charge in [0, 0.05) is 6.54 Å².